The molecule has 4 heteroatoms. The molecule has 0 aromatic heterocycles. The van der Waals surface area contributed by atoms with Crippen molar-refractivity contribution in [2.24, 2.45) is 0 Å². The average molecular weight is 260 g/mol. The van der Waals surface area contributed by atoms with Gasteiger partial charge < -0.3 is 5.11 Å². The van der Waals surface area contributed by atoms with Crippen molar-refractivity contribution < 1.29 is 9.94 Å². The first-order valence-corrected chi connectivity index (χ1v) is 6.89. The van der Waals surface area contributed by atoms with Crippen LogP contribution in [0, 0.1) is 0 Å². The van der Waals surface area contributed by atoms with Gasteiger partial charge in [-0.2, -0.15) is 0 Å². The van der Waals surface area contributed by atoms with Gasteiger partial charge in [0.05, 0.1) is 11.8 Å². The van der Waals surface area contributed by atoms with E-state index in [-0.39, 0.29) is 12.2 Å². The zero-order chi connectivity index (χ0) is 13.1. The predicted octanol–water partition coefficient (Wildman–Crippen LogP) is 1.60. The van der Waals surface area contributed by atoms with E-state index in [2.05, 4.69) is 28.6 Å². The molecular weight excluding hydrogens is 240 g/mol. The highest BCUT2D eigenvalue weighted by molar-refractivity contribution is 5.24. The first kappa shape index (κ1) is 12.7. The Morgan fingerprint density at radius 3 is 2.68 bits per heavy atom. The van der Waals surface area contributed by atoms with E-state index < -0.39 is 0 Å². The maximum Gasteiger partial charge on any atom is 0.131 e. The molecule has 0 spiro atoms. The number of likely N-dealkylation sites (tertiary alicyclic amines) is 1. The molecule has 0 bridgehead atoms. The Labute approximate surface area is 113 Å². The second-order valence-corrected chi connectivity index (χ2v) is 5.25. The van der Waals surface area contributed by atoms with Crippen LogP contribution in [0.5, 0.6) is 0 Å². The lowest BCUT2D eigenvalue weighted by Gasteiger charge is -2.29. The summed E-state index contributed by atoms with van der Waals surface area (Å²) < 4.78 is 0. The predicted molar refractivity (Wildman–Crippen MR) is 73.2 cm³/mol. The van der Waals surface area contributed by atoms with Gasteiger partial charge in [-0.25, -0.2) is 0 Å². The molecule has 1 atom stereocenters. The van der Waals surface area contributed by atoms with Gasteiger partial charge in [-0.3, -0.25) is 15.2 Å². The number of hydrogen-bond acceptors (Lipinski definition) is 4. The first-order valence-electron chi connectivity index (χ1n) is 6.89. The van der Waals surface area contributed by atoms with Crippen LogP contribution in [0.15, 0.2) is 42.1 Å². The summed E-state index contributed by atoms with van der Waals surface area (Å²) in [4.78, 5) is 7.95. The fourth-order valence-electron chi connectivity index (χ4n) is 2.60. The standard InChI is InChI=1S/C15H20N2O2/c18-14-6-8-17(9-7-14)11-13-10-15(19-16-13)12-4-2-1-3-5-12/h1-5,10,14-16,18H,6-9,11H2. The summed E-state index contributed by atoms with van der Waals surface area (Å²) in [6, 6.07) is 10.2. The van der Waals surface area contributed by atoms with Crippen LogP contribution in [0.1, 0.15) is 24.5 Å². The molecule has 102 valence electrons. The van der Waals surface area contributed by atoms with Gasteiger partial charge in [0.2, 0.25) is 0 Å². The Morgan fingerprint density at radius 1 is 1.21 bits per heavy atom. The molecule has 2 heterocycles. The molecule has 1 fully saturated rings. The minimum absolute atomic E-state index is 0.00609. The Kier molecular flexibility index (Phi) is 3.82. The number of piperidine rings is 1. The molecule has 4 nitrogen and oxygen atoms in total. The lowest BCUT2D eigenvalue weighted by Crippen LogP contribution is -2.38. The Bertz CT molecular complexity index is 439. The van der Waals surface area contributed by atoms with Crippen molar-refractivity contribution in [3.63, 3.8) is 0 Å². The summed E-state index contributed by atoms with van der Waals surface area (Å²) >= 11 is 0. The SMILES string of the molecule is OC1CCN(CC2=CC(c3ccccc3)ON2)CC1. The molecule has 2 aliphatic heterocycles. The Morgan fingerprint density at radius 2 is 1.95 bits per heavy atom. The minimum atomic E-state index is -0.116. The van der Waals surface area contributed by atoms with Crippen molar-refractivity contribution in [2.45, 2.75) is 25.0 Å². The quantitative estimate of drug-likeness (QED) is 0.866. The second kappa shape index (κ2) is 5.74. The molecule has 3 rings (SSSR count). The van der Waals surface area contributed by atoms with E-state index in [1.54, 1.807) is 0 Å². The van der Waals surface area contributed by atoms with Crippen LogP contribution in [0.3, 0.4) is 0 Å². The zero-order valence-electron chi connectivity index (χ0n) is 11.0. The van der Waals surface area contributed by atoms with E-state index in [0.717, 1.165) is 38.2 Å². The van der Waals surface area contributed by atoms with Gasteiger partial charge in [-0.15, -0.1) is 0 Å². The molecule has 1 aromatic rings. The van der Waals surface area contributed by atoms with Gasteiger partial charge in [0.1, 0.15) is 6.10 Å². The van der Waals surface area contributed by atoms with Gasteiger partial charge in [-0.1, -0.05) is 30.3 Å². The van der Waals surface area contributed by atoms with E-state index in [1.165, 1.54) is 5.56 Å². The smallest absolute Gasteiger partial charge is 0.131 e. The lowest BCUT2D eigenvalue weighted by molar-refractivity contribution is 0.0358. The molecule has 0 saturated carbocycles. The second-order valence-electron chi connectivity index (χ2n) is 5.25. The topological polar surface area (TPSA) is 44.7 Å². The highest BCUT2D eigenvalue weighted by atomic mass is 16.7. The molecular formula is C15H20N2O2. The lowest BCUT2D eigenvalue weighted by atomic mass is 10.1. The third-order valence-electron chi connectivity index (χ3n) is 3.75. The van der Waals surface area contributed by atoms with E-state index >= 15 is 0 Å². The number of rotatable bonds is 3. The van der Waals surface area contributed by atoms with Gasteiger partial charge in [0.15, 0.2) is 0 Å². The molecule has 2 aliphatic rings. The van der Waals surface area contributed by atoms with Crippen LogP contribution in [0.2, 0.25) is 0 Å². The first-order chi connectivity index (χ1) is 9.31. The van der Waals surface area contributed by atoms with E-state index in [1.807, 2.05) is 18.2 Å². The maximum atomic E-state index is 9.50. The largest absolute Gasteiger partial charge is 0.393 e. The van der Waals surface area contributed by atoms with Crippen LogP contribution in [-0.2, 0) is 4.84 Å². The van der Waals surface area contributed by atoms with Crippen LogP contribution in [0.25, 0.3) is 0 Å². The molecule has 0 amide bonds. The molecule has 1 aromatic carbocycles. The fourth-order valence-corrected chi connectivity index (χ4v) is 2.60. The van der Waals surface area contributed by atoms with E-state index in [4.69, 9.17) is 4.84 Å². The summed E-state index contributed by atoms with van der Waals surface area (Å²) in [5, 5.41) is 9.50. The van der Waals surface area contributed by atoms with E-state index in [9.17, 15) is 5.11 Å². The molecule has 19 heavy (non-hydrogen) atoms. The number of aliphatic hydroxyl groups is 1. The Hall–Kier alpha value is -1.36. The van der Waals surface area contributed by atoms with E-state index in [0.29, 0.717) is 0 Å². The van der Waals surface area contributed by atoms with Crippen LogP contribution < -0.4 is 5.48 Å². The summed E-state index contributed by atoms with van der Waals surface area (Å²) in [7, 11) is 0. The van der Waals surface area contributed by atoms with Gasteiger partial charge >= 0.3 is 0 Å². The molecule has 0 radical (unpaired) electrons. The van der Waals surface area contributed by atoms with Gasteiger partial charge in [0.25, 0.3) is 0 Å². The number of benzene rings is 1. The zero-order valence-corrected chi connectivity index (χ0v) is 11.0. The fraction of sp³-hybridized carbons (Fsp3) is 0.467. The maximum absolute atomic E-state index is 9.50. The number of nitrogens with one attached hydrogen (secondary N) is 1. The highest BCUT2D eigenvalue weighted by Gasteiger charge is 2.22. The minimum Gasteiger partial charge on any atom is -0.393 e. The third kappa shape index (κ3) is 3.15. The van der Waals surface area contributed by atoms with Gasteiger partial charge in [-0.05, 0) is 24.5 Å². The third-order valence-corrected chi connectivity index (χ3v) is 3.75. The highest BCUT2D eigenvalue weighted by Crippen LogP contribution is 2.24. The monoisotopic (exact) mass is 260 g/mol. The Balaban J connectivity index is 1.58. The summed E-state index contributed by atoms with van der Waals surface area (Å²) in [6.45, 7) is 2.78. The average Bonchev–Trinajstić information content (AvgIpc) is 2.91. The van der Waals surface area contributed by atoms with Crippen molar-refractivity contribution in [1.82, 2.24) is 10.4 Å². The number of nitrogens with zero attached hydrogens (tertiary/aromatic N) is 1. The van der Waals surface area contributed by atoms with Gasteiger partial charge in [0, 0.05) is 19.6 Å². The summed E-state index contributed by atoms with van der Waals surface area (Å²) in [5.41, 5.74) is 5.30. The molecule has 1 unspecified atom stereocenters. The summed E-state index contributed by atoms with van der Waals surface area (Å²) in [5.74, 6) is 0. The molecule has 2 N–H and O–H groups in total. The molecule has 0 aliphatic carbocycles. The molecule has 1 saturated heterocycles. The van der Waals surface area contributed by atoms with Crippen LogP contribution in [-0.4, -0.2) is 35.7 Å². The number of hydroxylamine groups is 1. The van der Waals surface area contributed by atoms with Crippen molar-refractivity contribution in [3.05, 3.63) is 47.7 Å². The van der Waals surface area contributed by atoms with Crippen molar-refractivity contribution in [2.75, 3.05) is 19.6 Å². The normalized spacial score (nSPS) is 25.1. The number of hydrogen-bond donors (Lipinski definition) is 2. The summed E-state index contributed by atoms with van der Waals surface area (Å²) in [6.07, 6.45) is 3.77. The van der Waals surface area contributed by atoms with Crippen molar-refractivity contribution in [3.8, 4) is 0 Å². The number of aliphatic hydroxyl groups excluding tert-OH is 1. The van der Waals surface area contributed by atoms with Crippen LogP contribution in [0.4, 0.5) is 0 Å². The van der Waals surface area contributed by atoms with Crippen molar-refractivity contribution in [1.29, 1.82) is 0 Å². The van der Waals surface area contributed by atoms with Crippen molar-refractivity contribution >= 4 is 0 Å². The van der Waals surface area contributed by atoms with Crippen LogP contribution >= 0.6 is 0 Å².